The third-order valence-corrected chi connectivity index (χ3v) is 4.80. The van der Waals surface area contributed by atoms with Crippen LogP contribution in [-0.4, -0.2) is 34.3 Å². The minimum Gasteiger partial charge on any atom is -0.493 e. The largest absolute Gasteiger partial charge is 0.493 e. The van der Waals surface area contributed by atoms with E-state index in [1.165, 1.54) is 0 Å². The number of anilines is 1. The molecule has 0 spiro atoms. The number of hydrogen-bond acceptors (Lipinski definition) is 6. The van der Waals surface area contributed by atoms with Gasteiger partial charge < -0.3 is 29.0 Å². The molecule has 7 heteroatoms. The fraction of sp³-hybridized carbons (Fsp3) is 0.240. The van der Waals surface area contributed by atoms with E-state index in [2.05, 4.69) is 5.32 Å². The van der Waals surface area contributed by atoms with Gasteiger partial charge in [0.15, 0.2) is 23.0 Å². The molecule has 3 aromatic rings. The summed E-state index contributed by atoms with van der Waals surface area (Å²) in [5.74, 6) is 3.47. The van der Waals surface area contributed by atoms with Crippen molar-refractivity contribution in [2.75, 3.05) is 33.8 Å². The van der Waals surface area contributed by atoms with Gasteiger partial charge in [0.05, 0.1) is 28.4 Å². The van der Waals surface area contributed by atoms with Crippen molar-refractivity contribution in [1.29, 1.82) is 0 Å². The molecule has 3 rings (SSSR count). The van der Waals surface area contributed by atoms with Crippen LogP contribution in [0.3, 0.4) is 0 Å². The predicted molar refractivity (Wildman–Crippen MR) is 123 cm³/mol. The zero-order valence-electron chi connectivity index (χ0n) is 18.6. The fourth-order valence-electron chi connectivity index (χ4n) is 3.20. The van der Waals surface area contributed by atoms with Crippen molar-refractivity contribution in [2.24, 2.45) is 0 Å². The molecule has 0 fully saturated rings. The lowest BCUT2D eigenvalue weighted by molar-refractivity contribution is -0.116. The van der Waals surface area contributed by atoms with Gasteiger partial charge in [0.25, 0.3) is 0 Å². The molecule has 0 aliphatic heterocycles. The minimum atomic E-state index is -0.0999. The van der Waals surface area contributed by atoms with Crippen LogP contribution < -0.4 is 29.0 Å². The van der Waals surface area contributed by atoms with Gasteiger partial charge in [0.2, 0.25) is 11.7 Å². The normalized spacial score (nSPS) is 10.2. The molecule has 0 aromatic heterocycles. The summed E-state index contributed by atoms with van der Waals surface area (Å²) in [5, 5.41) is 2.90. The maximum absolute atomic E-state index is 12.4. The van der Waals surface area contributed by atoms with Gasteiger partial charge in [-0.15, -0.1) is 0 Å². The molecule has 0 saturated heterocycles. The van der Waals surface area contributed by atoms with Crippen molar-refractivity contribution >= 4 is 11.6 Å². The number of nitrogens with one attached hydrogen (secondary N) is 1. The lowest BCUT2D eigenvalue weighted by atomic mass is 10.1. The second-order valence-electron chi connectivity index (χ2n) is 6.86. The monoisotopic (exact) mass is 437 g/mol. The topological polar surface area (TPSA) is 75.3 Å². The van der Waals surface area contributed by atoms with E-state index in [1.54, 1.807) is 52.7 Å². The smallest absolute Gasteiger partial charge is 0.224 e. The van der Waals surface area contributed by atoms with Crippen molar-refractivity contribution in [1.82, 2.24) is 0 Å². The van der Waals surface area contributed by atoms with Crippen LogP contribution in [0.4, 0.5) is 5.69 Å². The summed E-state index contributed by atoms with van der Waals surface area (Å²) in [4.78, 5) is 12.4. The first-order chi connectivity index (χ1) is 15.6. The number of benzene rings is 3. The molecule has 0 aliphatic carbocycles. The number of hydrogen-bond donors (Lipinski definition) is 1. The first-order valence-corrected chi connectivity index (χ1v) is 10.1. The molecule has 0 bridgehead atoms. The zero-order valence-corrected chi connectivity index (χ0v) is 18.6. The molecule has 3 aromatic carbocycles. The van der Waals surface area contributed by atoms with Crippen LogP contribution in [0.15, 0.2) is 60.7 Å². The lowest BCUT2D eigenvalue weighted by Crippen LogP contribution is -2.12. The number of carbonyl (C=O) groups is 1. The lowest BCUT2D eigenvalue weighted by Gasteiger charge is -2.14. The third-order valence-electron chi connectivity index (χ3n) is 4.80. The molecule has 0 aliphatic rings. The summed E-state index contributed by atoms with van der Waals surface area (Å²) < 4.78 is 27.2. The van der Waals surface area contributed by atoms with Crippen molar-refractivity contribution in [3.63, 3.8) is 0 Å². The molecule has 0 saturated carbocycles. The van der Waals surface area contributed by atoms with E-state index in [0.29, 0.717) is 53.0 Å². The first kappa shape index (κ1) is 22.8. The van der Waals surface area contributed by atoms with Crippen LogP contribution in [0, 0.1) is 0 Å². The van der Waals surface area contributed by atoms with Gasteiger partial charge in [-0.3, -0.25) is 4.79 Å². The fourth-order valence-corrected chi connectivity index (χ4v) is 3.20. The van der Waals surface area contributed by atoms with E-state index in [9.17, 15) is 4.79 Å². The average molecular weight is 437 g/mol. The molecular formula is C25H27NO6. The van der Waals surface area contributed by atoms with Crippen molar-refractivity contribution in [3.05, 3.63) is 66.2 Å². The summed E-state index contributed by atoms with van der Waals surface area (Å²) in [5.41, 5.74) is 1.60. The van der Waals surface area contributed by atoms with Gasteiger partial charge in [-0.2, -0.15) is 0 Å². The van der Waals surface area contributed by atoms with Crippen LogP contribution in [-0.2, 0) is 11.2 Å². The summed E-state index contributed by atoms with van der Waals surface area (Å²) in [6, 6.07) is 18.3. The van der Waals surface area contributed by atoms with Gasteiger partial charge in [-0.1, -0.05) is 12.1 Å². The van der Waals surface area contributed by atoms with Gasteiger partial charge >= 0.3 is 0 Å². The van der Waals surface area contributed by atoms with Crippen LogP contribution in [0.5, 0.6) is 34.5 Å². The van der Waals surface area contributed by atoms with Crippen LogP contribution >= 0.6 is 0 Å². The van der Waals surface area contributed by atoms with Crippen LogP contribution in [0.1, 0.15) is 12.0 Å². The molecule has 168 valence electrons. The van der Waals surface area contributed by atoms with E-state index in [4.69, 9.17) is 23.7 Å². The van der Waals surface area contributed by atoms with Gasteiger partial charge in [-0.25, -0.2) is 0 Å². The number of para-hydroxylation sites is 2. The van der Waals surface area contributed by atoms with Crippen molar-refractivity contribution in [2.45, 2.75) is 12.8 Å². The average Bonchev–Trinajstić information content (AvgIpc) is 2.83. The Morgan fingerprint density at radius 3 is 1.91 bits per heavy atom. The van der Waals surface area contributed by atoms with Gasteiger partial charge in [-0.05, 0) is 60.5 Å². The van der Waals surface area contributed by atoms with Crippen molar-refractivity contribution < 1.29 is 28.5 Å². The number of aryl methyl sites for hydroxylation is 1. The highest BCUT2D eigenvalue weighted by Crippen LogP contribution is 2.38. The Labute approximate surface area is 187 Å². The highest BCUT2D eigenvalue weighted by Gasteiger charge is 2.14. The molecule has 0 radical (unpaired) electrons. The molecule has 0 unspecified atom stereocenters. The first-order valence-electron chi connectivity index (χ1n) is 10.1. The quantitative estimate of drug-likeness (QED) is 0.477. The number of methoxy groups -OCH3 is 4. The number of rotatable bonds is 10. The second kappa shape index (κ2) is 10.9. The van der Waals surface area contributed by atoms with Gasteiger partial charge in [0.1, 0.15) is 5.75 Å². The van der Waals surface area contributed by atoms with Crippen LogP contribution in [0.2, 0.25) is 0 Å². The minimum absolute atomic E-state index is 0.0999. The Balaban J connectivity index is 1.58. The van der Waals surface area contributed by atoms with Crippen LogP contribution in [0.25, 0.3) is 0 Å². The molecule has 32 heavy (non-hydrogen) atoms. The van der Waals surface area contributed by atoms with E-state index in [1.807, 2.05) is 36.4 Å². The maximum Gasteiger partial charge on any atom is 0.224 e. The Hall–Kier alpha value is -3.87. The highest BCUT2D eigenvalue weighted by atomic mass is 16.5. The number of amides is 1. The molecule has 1 amide bonds. The molecule has 7 nitrogen and oxygen atoms in total. The summed E-state index contributed by atoms with van der Waals surface area (Å²) in [7, 11) is 6.28. The highest BCUT2D eigenvalue weighted by molar-refractivity contribution is 5.90. The summed E-state index contributed by atoms with van der Waals surface area (Å²) in [6.45, 7) is 0. The predicted octanol–water partition coefficient (Wildman–Crippen LogP) is 5.08. The Bertz CT molecular complexity index is 1020. The molecular weight excluding hydrogens is 410 g/mol. The second-order valence-corrected chi connectivity index (χ2v) is 6.86. The molecule has 0 atom stereocenters. The van der Waals surface area contributed by atoms with E-state index in [-0.39, 0.29) is 5.91 Å². The van der Waals surface area contributed by atoms with E-state index < -0.39 is 0 Å². The van der Waals surface area contributed by atoms with Crippen molar-refractivity contribution in [3.8, 4) is 34.5 Å². The third kappa shape index (κ3) is 5.63. The van der Waals surface area contributed by atoms with Gasteiger partial charge in [0, 0.05) is 12.1 Å². The maximum atomic E-state index is 12.4. The Kier molecular flexibility index (Phi) is 7.80. The SMILES string of the molecule is COc1ccccc1Oc1ccc(NC(=O)CCc2cc(OC)c(OC)c(OC)c2)cc1. The number of ether oxygens (including phenoxy) is 5. The number of carbonyl (C=O) groups excluding carboxylic acids is 1. The molecule has 0 heterocycles. The van der Waals surface area contributed by atoms with E-state index in [0.717, 1.165) is 5.56 Å². The zero-order chi connectivity index (χ0) is 22.9. The summed E-state index contributed by atoms with van der Waals surface area (Å²) >= 11 is 0. The standard InChI is InChI=1S/C25H27NO6/c1-28-20-7-5-6-8-21(20)32-19-12-10-18(11-13-19)26-24(27)14-9-17-15-22(29-2)25(31-4)23(16-17)30-3/h5-8,10-13,15-16H,9,14H2,1-4H3,(H,26,27). The Morgan fingerprint density at radius 2 is 1.34 bits per heavy atom. The molecule has 1 N–H and O–H groups in total. The Morgan fingerprint density at radius 1 is 0.750 bits per heavy atom. The summed E-state index contributed by atoms with van der Waals surface area (Å²) in [6.07, 6.45) is 0.829. The van der Waals surface area contributed by atoms with E-state index >= 15 is 0 Å².